The molecule has 3 heterocycles. The van der Waals surface area contributed by atoms with Crippen molar-refractivity contribution in [1.29, 1.82) is 0 Å². The Labute approximate surface area is 330 Å². The van der Waals surface area contributed by atoms with Crippen LogP contribution in [0.15, 0.2) is 146 Å². The molecule has 1 aliphatic carbocycles. The van der Waals surface area contributed by atoms with Crippen LogP contribution in [0.2, 0.25) is 0 Å². The molecule has 0 saturated heterocycles. The summed E-state index contributed by atoms with van der Waals surface area (Å²) in [5.41, 5.74) is 9.59. The van der Waals surface area contributed by atoms with Gasteiger partial charge in [-0.15, -0.1) is 11.3 Å². The molecule has 0 fully saturated rings. The van der Waals surface area contributed by atoms with Crippen molar-refractivity contribution in [3.8, 4) is 39.9 Å². The summed E-state index contributed by atoms with van der Waals surface area (Å²) in [6.45, 7) is 9.71. The lowest BCUT2D eigenvalue weighted by atomic mass is 9.62. The molecule has 56 heavy (non-hydrogen) atoms. The van der Waals surface area contributed by atoms with Crippen molar-refractivity contribution in [1.82, 2.24) is 19.5 Å². The largest absolute Gasteiger partial charge is 0.309 e. The molecule has 11 rings (SSSR count). The topological polar surface area (TPSA) is 43.6 Å². The van der Waals surface area contributed by atoms with Gasteiger partial charge in [0.05, 0.1) is 11.0 Å². The molecule has 4 nitrogen and oxygen atoms in total. The molecule has 0 unspecified atom stereocenters. The van der Waals surface area contributed by atoms with Gasteiger partial charge in [0.2, 0.25) is 0 Å². The summed E-state index contributed by atoms with van der Waals surface area (Å²) in [5, 5.41) is 7.56. The first-order valence-electron chi connectivity index (χ1n) is 19.6. The number of aromatic nitrogens is 4. The van der Waals surface area contributed by atoms with Crippen LogP contribution in [0, 0.1) is 0 Å². The molecule has 270 valence electrons. The Morgan fingerprint density at radius 3 is 2.05 bits per heavy atom. The summed E-state index contributed by atoms with van der Waals surface area (Å²) in [5.74, 6) is 1.98. The summed E-state index contributed by atoms with van der Waals surface area (Å²) in [6.07, 6.45) is 2.33. The van der Waals surface area contributed by atoms with E-state index in [1.165, 1.54) is 70.3 Å². The van der Waals surface area contributed by atoms with Crippen molar-refractivity contribution in [2.75, 3.05) is 0 Å². The third-order valence-electron chi connectivity index (χ3n) is 12.3. The van der Waals surface area contributed by atoms with Crippen LogP contribution in [0.3, 0.4) is 0 Å². The van der Waals surface area contributed by atoms with Crippen molar-refractivity contribution in [3.05, 3.63) is 157 Å². The fourth-order valence-electron chi connectivity index (χ4n) is 9.38. The van der Waals surface area contributed by atoms with E-state index in [0.29, 0.717) is 17.5 Å². The molecule has 0 aliphatic heterocycles. The summed E-state index contributed by atoms with van der Waals surface area (Å²) in [7, 11) is 0. The summed E-state index contributed by atoms with van der Waals surface area (Å²) in [6, 6.07) is 52.4. The van der Waals surface area contributed by atoms with Crippen LogP contribution in [0.5, 0.6) is 0 Å². The highest BCUT2D eigenvalue weighted by atomic mass is 32.1. The maximum atomic E-state index is 5.30. The van der Waals surface area contributed by atoms with Gasteiger partial charge < -0.3 is 4.57 Å². The Balaban J connectivity index is 1.18. The van der Waals surface area contributed by atoms with E-state index in [1.807, 2.05) is 29.5 Å². The minimum Gasteiger partial charge on any atom is -0.309 e. The van der Waals surface area contributed by atoms with Gasteiger partial charge >= 0.3 is 0 Å². The highest BCUT2D eigenvalue weighted by Crippen LogP contribution is 2.51. The lowest BCUT2D eigenvalue weighted by Gasteiger charge is -2.42. The SMILES string of the molecule is CC1(C)CCC(C)(C)c2c1ccc1c2c2ccc3ccccc3c2n1-c1cccc(-c2nc(-c3ccccc3)nc(-c3cccc4sc5ccccc5c34)n2)c1. The van der Waals surface area contributed by atoms with E-state index < -0.39 is 0 Å². The number of hydrogen-bond acceptors (Lipinski definition) is 4. The molecule has 7 aromatic carbocycles. The summed E-state index contributed by atoms with van der Waals surface area (Å²) < 4.78 is 4.97. The van der Waals surface area contributed by atoms with Gasteiger partial charge in [-0.3, -0.25) is 0 Å². The Morgan fingerprint density at radius 1 is 0.518 bits per heavy atom. The van der Waals surface area contributed by atoms with Gasteiger partial charge in [0.25, 0.3) is 0 Å². The van der Waals surface area contributed by atoms with Crippen LogP contribution in [0.1, 0.15) is 51.7 Å². The molecular formula is C51H40N4S. The van der Waals surface area contributed by atoms with Gasteiger partial charge in [0, 0.05) is 58.7 Å². The molecule has 0 N–H and O–H groups in total. The predicted molar refractivity (Wildman–Crippen MR) is 236 cm³/mol. The first-order chi connectivity index (χ1) is 27.2. The molecule has 10 aromatic rings. The molecule has 5 heteroatoms. The van der Waals surface area contributed by atoms with Gasteiger partial charge in [-0.25, -0.2) is 15.0 Å². The van der Waals surface area contributed by atoms with Crippen molar-refractivity contribution in [3.63, 3.8) is 0 Å². The van der Waals surface area contributed by atoms with Crippen LogP contribution < -0.4 is 0 Å². The smallest absolute Gasteiger partial charge is 0.164 e. The number of rotatable bonds is 4. The normalized spacial score (nSPS) is 14.9. The number of hydrogen-bond donors (Lipinski definition) is 0. The Hall–Kier alpha value is -6.17. The highest BCUT2D eigenvalue weighted by Gasteiger charge is 2.39. The fourth-order valence-corrected chi connectivity index (χ4v) is 10.5. The highest BCUT2D eigenvalue weighted by molar-refractivity contribution is 7.25. The molecule has 0 amide bonds. The standard InChI is InChI=1S/C51H40N4S/c1-50(2)28-29-51(3,4)45-39(50)26-27-40-44(45)37-25-24-31-14-8-9-19-35(31)46(37)55(40)34-18-12-17-33(30-34)48-52-47(32-15-6-5-7-16-32)53-49(54-48)38-21-13-23-42-43(38)36-20-10-11-22-41(36)56-42/h5-27,30H,28-29H2,1-4H3. The average Bonchev–Trinajstić information content (AvgIpc) is 3.79. The Kier molecular flexibility index (Phi) is 7.21. The molecule has 0 radical (unpaired) electrons. The number of benzene rings is 7. The molecule has 0 bridgehead atoms. The minimum atomic E-state index is 0.0444. The van der Waals surface area contributed by atoms with Gasteiger partial charge in [-0.05, 0) is 70.5 Å². The molecule has 0 spiro atoms. The third kappa shape index (κ3) is 5.00. The lowest BCUT2D eigenvalue weighted by Crippen LogP contribution is -2.34. The molecule has 3 aromatic heterocycles. The number of thiophene rings is 1. The van der Waals surface area contributed by atoms with Gasteiger partial charge in [-0.1, -0.05) is 143 Å². The Morgan fingerprint density at radius 2 is 1.20 bits per heavy atom. The maximum Gasteiger partial charge on any atom is 0.164 e. The van der Waals surface area contributed by atoms with Crippen molar-refractivity contribution >= 4 is 64.1 Å². The van der Waals surface area contributed by atoms with Gasteiger partial charge in [0.15, 0.2) is 17.5 Å². The first kappa shape index (κ1) is 33.2. The number of nitrogens with zero attached hydrogens (tertiary/aromatic N) is 4. The lowest BCUT2D eigenvalue weighted by molar-refractivity contribution is 0.334. The van der Waals surface area contributed by atoms with Crippen LogP contribution in [-0.2, 0) is 10.8 Å². The van der Waals surface area contributed by atoms with Crippen LogP contribution in [-0.4, -0.2) is 19.5 Å². The second-order valence-corrected chi connectivity index (χ2v) is 17.8. The van der Waals surface area contributed by atoms with Gasteiger partial charge in [0.1, 0.15) is 0 Å². The summed E-state index contributed by atoms with van der Waals surface area (Å²) >= 11 is 1.81. The van der Waals surface area contributed by atoms with Crippen molar-refractivity contribution < 1.29 is 0 Å². The van der Waals surface area contributed by atoms with E-state index in [9.17, 15) is 0 Å². The summed E-state index contributed by atoms with van der Waals surface area (Å²) in [4.78, 5) is 15.7. The van der Waals surface area contributed by atoms with E-state index in [4.69, 9.17) is 15.0 Å². The van der Waals surface area contributed by atoms with Crippen LogP contribution in [0.25, 0.3) is 92.6 Å². The molecule has 0 saturated carbocycles. The minimum absolute atomic E-state index is 0.0444. The third-order valence-corrected chi connectivity index (χ3v) is 13.4. The second-order valence-electron chi connectivity index (χ2n) is 16.7. The van der Waals surface area contributed by atoms with Crippen LogP contribution >= 0.6 is 11.3 Å². The fraction of sp³-hybridized carbons (Fsp3) is 0.157. The van der Waals surface area contributed by atoms with Crippen molar-refractivity contribution in [2.45, 2.75) is 51.4 Å². The zero-order valence-corrected chi connectivity index (χ0v) is 32.8. The predicted octanol–water partition coefficient (Wildman–Crippen LogP) is 13.8. The Bertz CT molecular complexity index is 3200. The quantitative estimate of drug-likeness (QED) is 0.180. The molecule has 0 atom stereocenters. The van der Waals surface area contributed by atoms with E-state index in [-0.39, 0.29) is 10.8 Å². The zero-order valence-electron chi connectivity index (χ0n) is 32.0. The van der Waals surface area contributed by atoms with Crippen LogP contribution in [0.4, 0.5) is 0 Å². The van der Waals surface area contributed by atoms with E-state index in [0.717, 1.165) is 28.8 Å². The van der Waals surface area contributed by atoms with E-state index in [1.54, 1.807) is 0 Å². The average molecular weight is 741 g/mol. The van der Waals surface area contributed by atoms with Crippen molar-refractivity contribution in [2.24, 2.45) is 0 Å². The monoisotopic (exact) mass is 740 g/mol. The van der Waals surface area contributed by atoms with Gasteiger partial charge in [-0.2, -0.15) is 0 Å². The maximum absolute atomic E-state index is 5.30. The molecule has 1 aliphatic rings. The van der Waals surface area contributed by atoms with E-state index >= 15 is 0 Å². The first-order valence-corrected chi connectivity index (χ1v) is 20.4. The van der Waals surface area contributed by atoms with E-state index in [2.05, 4.69) is 160 Å². The number of fused-ring (bicyclic) bond motifs is 10. The molecular weight excluding hydrogens is 701 g/mol. The zero-order chi connectivity index (χ0) is 37.8. The second kappa shape index (κ2) is 12.2.